The average Bonchev–Trinajstić information content (AvgIpc) is 3.06. The number of carboxylic acids is 1. The number of carbonyl (C=O) groups is 2. The summed E-state index contributed by atoms with van der Waals surface area (Å²) in [6.07, 6.45) is 1.85. The summed E-state index contributed by atoms with van der Waals surface area (Å²) in [7, 11) is 0. The molecule has 110 valence electrons. The number of fused-ring (bicyclic) bond motifs is 1. The number of carbonyl (C=O) groups excluding carboxylic acids is 1. The van der Waals surface area contributed by atoms with Gasteiger partial charge in [-0.15, -0.1) is 11.3 Å². The van der Waals surface area contributed by atoms with Crippen molar-refractivity contribution >= 4 is 39.1 Å². The van der Waals surface area contributed by atoms with E-state index in [1.165, 1.54) is 4.70 Å². The number of benzene rings is 1. The fraction of sp³-hybridized carbons (Fsp3) is 0.333. The quantitative estimate of drug-likeness (QED) is 0.814. The van der Waals surface area contributed by atoms with Crippen molar-refractivity contribution in [2.24, 2.45) is 5.92 Å². The molecule has 1 aliphatic rings. The Morgan fingerprint density at radius 3 is 2.86 bits per heavy atom. The third-order valence-electron chi connectivity index (χ3n) is 3.83. The third kappa shape index (κ3) is 3.16. The summed E-state index contributed by atoms with van der Waals surface area (Å²) < 4.78 is 1.18. The van der Waals surface area contributed by atoms with Crippen LogP contribution < -0.4 is 10.6 Å². The van der Waals surface area contributed by atoms with Crippen molar-refractivity contribution in [2.45, 2.75) is 25.3 Å². The predicted octanol–water partition coefficient (Wildman–Crippen LogP) is 3.28. The monoisotopic (exact) mass is 304 g/mol. The summed E-state index contributed by atoms with van der Waals surface area (Å²) >= 11 is 1.66. The van der Waals surface area contributed by atoms with Crippen molar-refractivity contribution in [3.63, 3.8) is 0 Å². The lowest BCUT2D eigenvalue weighted by atomic mass is 10.1. The summed E-state index contributed by atoms with van der Waals surface area (Å²) in [6, 6.07) is 7.45. The van der Waals surface area contributed by atoms with Crippen LogP contribution in [0, 0.1) is 5.92 Å². The molecule has 3 rings (SSSR count). The van der Waals surface area contributed by atoms with Crippen LogP contribution in [-0.2, 0) is 4.79 Å². The molecule has 5 nitrogen and oxygen atoms in total. The van der Waals surface area contributed by atoms with Gasteiger partial charge in [-0.3, -0.25) is 4.79 Å². The summed E-state index contributed by atoms with van der Waals surface area (Å²) in [5.74, 6) is -1.11. The topological polar surface area (TPSA) is 78.4 Å². The van der Waals surface area contributed by atoms with Gasteiger partial charge in [0.15, 0.2) is 0 Å². The minimum absolute atomic E-state index is 0.0593. The molecular formula is C15H16N2O3S. The molecule has 2 aromatic rings. The molecule has 1 aromatic heterocycles. The Labute approximate surface area is 126 Å². The number of hydrogen-bond acceptors (Lipinski definition) is 3. The molecule has 1 fully saturated rings. The van der Waals surface area contributed by atoms with Gasteiger partial charge in [0.2, 0.25) is 0 Å². The van der Waals surface area contributed by atoms with E-state index in [9.17, 15) is 9.59 Å². The Hall–Kier alpha value is -2.08. The van der Waals surface area contributed by atoms with Crippen LogP contribution >= 0.6 is 11.3 Å². The lowest BCUT2D eigenvalue weighted by Crippen LogP contribution is -2.36. The van der Waals surface area contributed by atoms with E-state index in [2.05, 4.69) is 10.6 Å². The highest BCUT2D eigenvalue weighted by Crippen LogP contribution is 2.26. The summed E-state index contributed by atoms with van der Waals surface area (Å²) in [4.78, 5) is 22.8. The molecule has 0 bridgehead atoms. The lowest BCUT2D eigenvalue weighted by Gasteiger charge is -2.13. The number of anilines is 1. The first-order chi connectivity index (χ1) is 10.1. The molecule has 3 N–H and O–H groups in total. The maximum absolute atomic E-state index is 12.0. The van der Waals surface area contributed by atoms with Crippen molar-refractivity contribution in [1.29, 1.82) is 0 Å². The van der Waals surface area contributed by atoms with E-state index >= 15 is 0 Å². The van der Waals surface area contributed by atoms with Gasteiger partial charge in [-0.1, -0.05) is 0 Å². The normalized spacial score (nSPS) is 21.3. The van der Waals surface area contributed by atoms with E-state index in [4.69, 9.17) is 5.11 Å². The molecule has 21 heavy (non-hydrogen) atoms. The van der Waals surface area contributed by atoms with Crippen LogP contribution in [0.25, 0.3) is 10.1 Å². The molecule has 6 heteroatoms. The van der Waals surface area contributed by atoms with Crippen LogP contribution in [0.1, 0.15) is 19.3 Å². The molecule has 2 atom stereocenters. The molecule has 1 saturated carbocycles. The fourth-order valence-electron chi connectivity index (χ4n) is 2.73. The first kappa shape index (κ1) is 13.9. The lowest BCUT2D eigenvalue weighted by molar-refractivity contribution is -0.141. The van der Waals surface area contributed by atoms with Gasteiger partial charge in [0.25, 0.3) is 0 Å². The minimum atomic E-state index is -0.775. The molecule has 0 saturated heterocycles. The van der Waals surface area contributed by atoms with E-state index in [1.807, 2.05) is 29.6 Å². The fourth-order valence-corrected chi connectivity index (χ4v) is 3.50. The highest BCUT2D eigenvalue weighted by atomic mass is 32.1. The number of carboxylic acid groups (broad SMARTS) is 1. The second-order valence-electron chi connectivity index (χ2n) is 5.32. The van der Waals surface area contributed by atoms with Crippen molar-refractivity contribution in [1.82, 2.24) is 5.32 Å². The van der Waals surface area contributed by atoms with Gasteiger partial charge in [0.1, 0.15) is 0 Å². The third-order valence-corrected chi connectivity index (χ3v) is 4.73. The van der Waals surface area contributed by atoms with Crippen LogP contribution in [0.4, 0.5) is 10.5 Å². The van der Waals surface area contributed by atoms with Crippen molar-refractivity contribution in [3.8, 4) is 0 Å². The minimum Gasteiger partial charge on any atom is -0.481 e. The number of hydrogen-bond donors (Lipinski definition) is 3. The Kier molecular flexibility index (Phi) is 3.79. The summed E-state index contributed by atoms with van der Waals surface area (Å²) in [6.45, 7) is 0. The highest BCUT2D eigenvalue weighted by molar-refractivity contribution is 7.17. The molecule has 0 radical (unpaired) electrons. The zero-order chi connectivity index (χ0) is 14.8. The van der Waals surface area contributed by atoms with Gasteiger partial charge in [-0.25, -0.2) is 4.79 Å². The number of aliphatic carboxylic acids is 1. The van der Waals surface area contributed by atoms with Crippen LogP contribution in [0.2, 0.25) is 0 Å². The van der Waals surface area contributed by atoms with Crippen LogP contribution in [0.5, 0.6) is 0 Å². The molecular weight excluding hydrogens is 288 g/mol. The molecule has 0 aliphatic heterocycles. The smallest absolute Gasteiger partial charge is 0.319 e. The van der Waals surface area contributed by atoms with Gasteiger partial charge in [-0.05, 0) is 54.3 Å². The van der Waals surface area contributed by atoms with Crippen molar-refractivity contribution < 1.29 is 14.7 Å². The zero-order valence-electron chi connectivity index (χ0n) is 11.3. The Morgan fingerprint density at radius 2 is 2.10 bits per heavy atom. The second kappa shape index (κ2) is 5.73. The van der Waals surface area contributed by atoms with E-state index in [-0.39, 0.29) is 18.0 Å². The molecule has 1 aromatic carbocycles. The van der Waals surface area contributed by atoms with Crippen LogP contribution in [0.3, 0.4) is 0 Å². The number of rotatable bonds is 3. The number of urea groups is 1. The standard InChI is InChI=1S/C15H16N2O3S/c18-14(19)10-1-2-11(8-10)16-15(20)17-12-3-4-13-9(7-12)5-6-21-13/h3-7,10-11H,1-2,8H2,(H,18,19)(H2,16,17,20). The van der Waals surface area contributed by atoms with Crippen molar-refractivity contribution in [3.05, 3.63) is 29.6 Å². The van der Waals surface area contributed by atoms with E-state index in [1.54, 1.807) is 11.3 Å². The second-order valence-corrected chi connectivity index (χ2v) is 6.26. The molecule has 1 aliphatic carbocycles. The maximum Gasteiger partial charge on any atom is 0.319 e. The number of nitrogens with one attached hydrogen (secondary N) is 2. The van der Waals surface area contributed by atoms with E-state index in [0.29, 0.717) is 19.3 Å². The largest absolute Gasteiger partial charge is 0.481 e. The Balaban J connectivity index is 1.58. The number of thiophene rings is 1. The SMILES string of the molecule is O=C(Nc1ccc2sccc2c1)NC1CCC(C(=O)O)C1. The molecule has 2 amide bonds. The Morgan fingerprint density at radius 1 is 1.24 bits per heavy atom. The predicted molar refractivity (Wildman–Crippen MR) is 82.7 cm³/mol. The zero-order valence-corrected chi connectivity index (χ0v) is 12.2. The molecule has 2 unspecified atom stereocenters. The van der Waals surface area contributed by atoms with Gasteiger partial charge in [0, 0.05) is 16.4 Å². The van der Waals surface area contributed by atoms with Crippen molar-refractivity contribution in [2.75, 3.05) is 5.32 Å². The van der Waals surface area contributed by atoms with Gasteiger partial charge < -0.3 is 15.7 Å². The van der Waals surface area contributed by atoms with E-state index < -0.39 is 5.97 Å². The van der Waals surface area contributed by atoms with Gasteiger partial charge in [0.05, 0.1) is 5.92 Å². The van der Waals surface area contributed by atoms with Crippen LogP contribution in [0.15, 0.2) is 29.6 Å². The summed E-state index contributed by atoms with van der Waals surface area (Å²) in [5, 5.41) is 17.7. The molecule has 0 spiro atoms. The molecule has 1 heterocycles. The van der Waals surface area contributed by atoms with Gasteiger partial charge in [-0.2, -0.15) is 0 Å². The first-order valence-electron chi connectivity index (χ1n) is 6.89. The van der Waals surface area contributed by atoms with E-state index in [0.717, 1.165) is 11.1 Å². The van der Waals surface area contributed by atoms with Gasteiger partial charge >= 0.3 is 12.0 Å². The number of amides is 2. The average molecular weight is 304 g/mol. The highest BCUT2D eigenvalue weighted by Gasteiger charge is 2.30. The Bertz CT molecular complexity index is 682. The van der Waals surface area contributed by atoms with Crippen LogP contribution in [-0.4, -0.2) is 23.1 Å². The maximum atomic E-state index is 12.0. The summed E-state index contributed by atoms with van der Waals surface area (Å²) in [5.41, 5.74) is 0.742. The first-order valence-corrected chi connectivity index (χ1v) is 7.77.